The maximum atomic E-state index is 6.00. The van der Waals surface area contributed by atoms with E-state index >= 15 is 0 Å². The van der Waals surface area contributed by atoms with Crippen LogP contribution >= 0.6 is 11.3 Å². The summed E-state index contributed by atoms with van der Waals surface area (Å²) in [6, 6.07) is 5.22. The molecule has 1 aromatic rings. The Morgan fingerprint density at radius 1 is 1.42 bits per heavy atom. The van der Waals surface area contributed by atoms with Crippen molar-refractivity contribution in [3.8, 4) is 0 Å². The molecule has 2 N–H and O–H groups in total. The van der Waals surface area contributed by atoms with Crippen LogP contribution in [0.1, 0.15) is 44.9 Å². The Morgan fingerprint density at radius 3 is 2.63 bits per heavy atom. The predicted molar refractivity (Wildman–Crippen MR) is 84.4 cm³/mol. The number of hydrogen-bond donors (Lipinski definition) is 1. The van der Waals surface area contributed by atoms with Crippen molar-refractivity contribution in [3.63, 3.8) is 0 Å². The average molecular weight is 280 g/mol. The van der Waals surface area contributed by atoms with Crippen LogP contribution in [0.15, 0.2) is 17.5 Å². The van der Waals surface area contributed by atoms with Gasteiger partial charge in [0.05, 0.1) is 0 Å². The molecule has 1 aliphatic carbocycles. The number of nitrogens with two attached hydrogens (primary N) is 1. The maximum absolute atomic E-state index is 6.00. The van der Waals surface area contributed by atoms with Gasteiger partial charge in [0.2, 0.25) is 0 Å². The van der Waals surface area contributed by atoms with Crippen molar-refractivity contribution in [3.05, 3.63) is 22.4 Å². The minimum Gasteiger partial charge on any atom is -0.330 e. The largest absolute Gasteiger partial charge is 0.330 e. The first-order chi connectivity index (χ1) is 8.98. The summed E-state index contributed by atoms with van der Waals surface area (Å²) in [6.07, 6.45) is 3.97. The van der Waals surface area contributed by atoms with Gasteiger partial charge in [0, 0.05) is 24.0 Å². The molecule has 1 heterocycles. The quantitative estimate of drug-likeness (QED) is 0.824. The minimum atomic E-state index is 0.377. The van der Waals surface area contributed by atoms with Gasteiger partial charge in [-0.25, -0.2) is 0 Å². The molecule has 0 aliphatic heterocycles. The molecule has 0 saturated heterocycles. The Labute approximate surface area is 122 Å². The van der Waals surface area contributed by atoms with Crippen LogP contribution < -0.4 is 5.73 Å². The molecule has 1 fully saturated rings. The summed E-state index contributed by atoms with van der Waals surface area (Å²) in [5, 5.41) is 2.18. The fourth-order valence-electron chi connectivity index (χ4n) is 2.81. The van der Waals surface area contributed by atoms with Crippen LogP contribution in [0.5, 0.6) is 0 Å². The van der Waals surface area contributed by atoms with Crippen molar-refractivity contribution in [2.45, 2.75) is 52.6 Å². The van der Waals surface area contributed by atoms with Gasteiger partial charge in [-0.2, -0.15) is 0 Å². The first-order valence-electron chi connectivity index (χ1n) is 7.44. The lowest BCUT2D eigenvalue weighted by atomic mass is 9.84. The molecule has 1 saturated carbocycles. The number of thiophene rings is 1. The molecule has 1 atom stereocenters. The SMILES string of the molecule is CC(C)(C)CC(CN)CN(Cc1cccs1)C1CC1. The highest BCUT2D eigenvalue weighted by Gasteiger charge is 2.31. The molecule has 0 amide bonds. The van der Waals surface area contributed by atoms with Gasteiger partial charge in [0.1, 0.15) is 0 Å². The van der Waals surface area contributed by atoms with E-state index in [1.165, 1.54) is 24.1 Å². The van der Waals surface area contributed by atoms with Crippen LogP contribution in [-0.2, 0) is 6.54 Å². The standard InChI is InChI=1S/C16H28N2S/c1-16(2,3)9-13(10-17)11-18(14-6-7-14)12-15-5-4-8-19-15/h4-5,8,13-14H,6-7,9-12,17H2,1-3H3. The van der Waals surface area contributed by atoms with Crippen LogP contribution in [-0.4, -0.2) is 24.0 Å². The van der Waals surface area contributed by atoms with E-state index in [-0.39, 0.29) is 0 Å². The topological polar surface area (TPSA) is 29.3 Å². The smallest absolute Gasteiger partial charge is 0.0330 e. The van der Waals surface area contributed by atoms with Crippen molar-refractivity contribution < 1.29 is 0 Å². The predicted octanol–water partition coefficient (Wildman–Crippen LogP) is 3.72. The van der Waals surface area contributed by atoms with Gasteiger partial charge in [0.15, 0.2) is 0 Å². The molecule has 1 aromatic heterocycles. The summed E-state index contributed by atoms with van der Waals surface area (Å²) in [5.41, 5.74) is 6.38. The fraction of sp³-hybridized carbons (Fsp3) is 0.750. The van der Waals surface area contributed by atoms with Gasteiger partial charge in [-0.15, -0.1) is 11.3 Å². The summed E-state index contributed by atoms with van der Waals surface area (Å²) in [4.78, 5) is 4.15. The molecule has 19 heavy (non-hydrogen) atoms. The minimum absolute atomic E-state index is 0.377. The molecule has 0 spiro atoms. The fourth-order valence-corrected chi connectivity index (χ4v) is 3.53. The van der Waals surface area contributed by atoms with Crippen molar-refractivity contribution >= 4 is 11.3 Å². The zero-order valence-electron chi connectivity index (χ0n) is 12.6. The molecule has 0 aromatic carbocycles. The summed E-state index contributed by atoms with van der Waals surface area (Å²) >= 11 is 1.87. The molecule has 0 radical (unpaired) electrons. The number of hydrogen-bond acceptors (Lipinski definition) is 3. The highest BCUT2D eigenvalue weighted by molar-refractivity contribution is 7.09. The van der Waals surface area contributed by atoms with Gasteiger partial charge in [-0.05, 0) is 48.6 Å². The molecular formula is C16H28N2S. The van der Waals surface area contributed by atoms with E-state index in [4.69, 9.17) is 5.73 Å². The van der Waals surface area contributed by atoms with Gasteiger partial charge < -0.3 is 5.73 Å². The summed E-state index contributed by atoms with van der Waals surface area (Å²) in [5.74, 6) is 0.626. The zero-order valence-corrected chi connectivity index (χ0v) is 13.4. The lowest BCUT2D eigenvalue weighted by molar-refractivity contribution is 0.182. The van der Waals surface area contributed by atoms with Gasteiger partial charge >= 0.3 is 0 Å². The normalized spacial score (nSPS) is 17.9. The second-order valence-electron chi connectivity index (χ2n) is 7.11. The monoisotopic (exact) mass is 280 g/mol. The Balaban J connectivity index is 1.91. The van der Waals surface area contributed by atoms with E-state index in [1.54, 1.807) is 0 Å². The van der Waals surface area contributed by atoms with Gasteiger partial charge in [0.25, 0.3) is 0 Å². The van der Waals surface area contributed by atoms with E-state index in [1.807, 2.05) is 11.3 Å². The lowest BCUT2D eigenvalue weighted by Gasteiger charge is -2.30. The average Bonchev–Trinajstić information content (AvgIpc) is 3.05. The highest BCUT2D eigenvalue weighted by Crippen LogP contribution is 2.32. The first-order valence-corrected chi connectivity index (χ1v) is 8.32. The van der Waals surface area contributed by atoms with E-state index in [0.717, 1.165) is 25.7 Å². The highest BCUT2D eigenvalue weighted by atomic mass is 32.1. The molecule has 2 rings (SSSR count). The van der Waals surface area contributed by atoms with Crippen molar-refractivity contribution in [2.75, 3.05) is 13.1 Å². The van der Waals surface area contributed by atoms with E-state index in [2.05, 4.69) is 43.2 Å². The lowest BCUT2D eigenvalue weighted by Crippen LogP contribution is -2.35. The third-order valence-electron chi connectivity index (χ3n) is 3.73. The van der Waals surface area contributed by atoms with Crippen LogP contribution in [0.3, 0.4) is 0 Å². The van der Waals surface area contributed by atoms with Crippen molar-refractivity contribution in [1.29, 1.82) is 0 Å². The first kappa shape index (κ1) is 15.0. The second-order valence-corrected chi connectivity index (χ2v) is 8.14. The van der Waals surface area contributed by atoms with Crippen LogP contribution in [0.4, 0.5) is 0 Å². The van der Waals surface area contributed by atoms with E-state index in [0.29, 0.717) is 11.3 Å². The Bertz CT molecular complexity index is 363. The zero-order chi connectivity index (χ0) is 13.9. The molecule has 3 heteroatoms. The third-order valence-corrected chi connectivity index (χ3v) is 4.59. The van der Waals surface area contributed by atoms with Crippen LogP contribution in [0, 0.1) is 11.3 Å². The summed E-state index contributed by atoms with van der Waals surface area (Å²) < 4.78 is 0. The van der Waals surface area contributed by atoms with Crippen molar-refractivity contribution in [2.24, 2.45) is 17.1 Å². The molecule has 1 aliphatic rings. The van der Waals surface area contributed by atoms with Crippen molar-refractivity contribution in [1.82, 2.24) is 4.90 Å². The molecule has 108 valence electrons. The van der Waals surface area contributed by atoms with Gasteiger partial charge in [-0.1, -0.05) is 26.8 Å². The molecule has 1 unspecified atom stereocenters. The third kappa shape index (κ3) is 5.25. The van der Waals surface area contributed by atoms with E-state index in [9.17, 15) is 0 Å². The number of nitrogens with zero attached hydrogens (tertiary/aromatic N) is 1. The van der Waals surface area contributed by atoms with Crippen LogP contribution in [0.25, 0.3) is 0 Å². The Kier molecular flexibility index (Phi) is 5.04. The molecule has 2 nitrogen and oxygen atoms in total. The van der Waals surface area contributed by atoms with Crippen LogP contribution in [0.2, 0.25) is 0 Å². The molecule has 0 bridgehead atoms. The number of rotatable bonds is 7. The maximum Gasteiger partial charge on any atom is 0.0330 e. The summed E-state index contributed by atoms with van der Waals surface area (Å²) in [6.45, 7) is 10.0. The Morgan fingerprint density at radius 2 is 2.16 bits per heavy atom. The molecular weight excluding hydrogens is 252 g/mol. The van der Waals surface area contributed by atoms with E-state index < -0.39 is 0 Å². The Hall–Kier alpha value is -0.380. The van der Waals surface area contributed by atoms with Gasteiger partial charge in [-0.3, -0.25) is 4.90 Å². The second kappa shape index (κ2) is 6.38. The summed E-state index contributed by atoms with van der Waals surface area (Å²) in [7, 11) is 0.